The van der Waals surface area contributed by atoms with E-state index in [0.717, 1.165) is 31.4 Å². The molecule has 2 saturated heterocycles. The first-order valence-corrected chi connectivity index (χ1v) is 14.1. The van der Waals surface area contributed by atoms with Crippen molar-refractivity contribution in [3.05, 3.63) is 35.9 Å². The van der Waals surface area contributed by atoms with Gasteiger partial charge >= 0.3 is 0 Å². The molecule has 0 bridgehead atoms. The number of nitrogens with one attached hydrogen (secondary N) is 4. The Bertz CT molecular complexity index is 956. The van der Waals surface area contributed by atoms with Crippen LogP contribution in [0.25, 0.3) is 0 Å². The SMILES string of the molecule is C.CCC1CC(N(C(C)=N)C(=N)C(C)C)CC(C)N1CCC(NC(=O)C1CNCC(F)(F)C1)c1ccccc1. The van der Waals surface area contributed by atoms with Crippen LogP contribution in [-0.4, -0.2) is 71.1 Å². The number of hydrogen-bond acceptors (Lipinski definition) is 5. The topological polar surface area (TPSA) is 95.3 Å². The Hall–Kier alpha value is -2.39. The third kappa shape index (κ3) is 8.55. The van der Waals surface area contributed by atoms with Crippen molar-refractivity contribution in [3.8, 4) is 0 Å². The van der Waals surface area contributed by atoms with Gasteiger partial charge in [-0.2, -0.15) is 0 Å². The van der Waals surface area contributed by atoms with E-state index >= 15 is 0 Å². The van der Waals surface area contributed by atoms with Crippen LogP contribution in [0.15, 0.2) is 30.3 Å². The van der Waals surface area contributed by atoms with Crippen molar-refractivity contribution in [1.82, 2.24) is 20.4 Å². The number of amides is 1. The maximum Gasteiger partial charge on any atom is 0.261 e. The van der Waals surface area contributed by atoms with E-state index in [-0.39, 0.29) is 50.5 Å². The zero-order chi connectivity index (χ0) is 28.0. The van der Waals surface area contributed by atoms with Gasteiger partial charge in [0.2, 0.25) is 5.91 Å². The first-order valence-electron chi connectivity index (χ1n) is 14.1. The zero-order valence-corrected chi connectivity index (χ0v) is 23.6. The molecule has 4 N–H and O–H groups in total. The average Bonchev–Trinajstić information content (AvgIpc) is 2.86. The molecule has 5 atom stereocenters. The number of hydrogen-bond donors (Lipinski definition) is 4. The van der Waals surface area contributed by atoms with E-state index in [0.29, 0.717) is 24.1 Å². The minimum absolute atomic E-state index is 0. The van der Waals surface area contributed by atoms with Crippen LogP contribution < -0.4 is 10.6 Å². The first kappa shape index (κ1) is 32.8. The summed E-state index contributed by atoms with van der Waals surface area (Å²) >= 11 is 0. The normalized spacial score (nSPS) is 25.8. The van der Waals surface area contributed by atoms with Gasteiger partial charge in [-0.15, -0.1) is 0 Å². The molecule has 3 rings (SSSR count). The van der Waals surface area contributed by atoms with Gasteiger partial charge in [0.05, 0.1) is 24.3 Å². The quantitative estimate of drug-likeness (QED) is 0.236. The number of likely N-dealkylation sites (tertiary alicyclic amines) is 1. The monoisotopic (exact) mass is 548 g/mol. The molecular weight excluding hydrogens is 498 g/mol. The molecule has 1 amide bonds. The summed E-state index contributed by atoms with van der Waals surface area (Å²) < 4.78 is 27.9. The number of amidine groups is 2. The van der Waals surface area contributed by atoms with Crippen LogP contribution in [0.2, 0.25) is 0 Å². The Morgan fingerprint density at radius 2 is 1.90 bits per heavy atom. The van der Waals surface area contributed by atoms with Crippen LogP contribution in [0.4, 0.5) is 8.78 Å². The summed E-state index contributed by atoms with van der Waals surface area (Å²) in [7, 11) is 0. The predicted octanol–water partition coefficient (Wildman–Crippen LogP) is 5.68. The second-order valence-corrected chi connectivity index (χ2v) is 11.4. The van der Waals surface area contributed by atoms with Crippen LogP contribution >= 0.6 is 0 Å². The largest absolute Gasteiger partial charge is 0.349 e. The van der Waals surface area contributed by atoms with Crippen LogP contribution in [0.3, 0.4) is 0 Å². The lowest BCUT2D eigenvalue weighted by Gasteiger charge is -2.48. The summed E-state index contributed by atoms with van der Waals surface area (Å²) in [5.41, 5.74) is 0.975. The number of carbonyl (C=O) groups is 1. The fourth-order valence-electron chi connectivity index (χ4n) is 6.07. The van der Waals surface area contributed by atoms with Crippen LogP contribution in [0.5, 0.6) is 0 Å². The van der Waals surface area contributed by atoms with Gasteiger partial charge in [-0.25, -0.2) is 8.78 Å². The molecule has 1 aromatic carbocycles. The molecule has 2 fully saturated rings. The van der Waals surface area contributed by atoms with Gasteiger partial charge in [0.15, 0.2) is 0 Å². The van der Waals surface area contributed by atoms with Crippen molar-refractivity contribution >= 4 is 17.6 Å². The fourth-order valence-corrected chi connectivity index (χ4v) is 6.07. The lowest BCUT2D eigenvalue weighted by atomic mass is 9.88. The second-order valence-electron chi connectivity index (χ2n) is 11.4. The third-order valence-electron chi connectivity index (χ3n) is 8.08. The summed E-state index contributed by atoms with van der Waals surface area (Å²) in [6.07, 6.45) is 2.92. The van der Waals surface area contributed by atoms with E-state index in [2.05, 4.69) is 29.4 Å². The van der Waals surface area contributed by atoms with E-state index in [1.165, 1.54) is 0 Å². The number of benzene rings is 1. The lowest BCUT2D eigenvalue weighted by molar-refractivity contribution is -0.131. The van der Waals surface area contributed by atoms with Crippen molar-refractivity contribution in [1.29, 1.82) is 10.8 Å². The van der Waals surface area contributed by atoms with E-state index in [9.17, 15) is 13.6 Å². The molecule has 0 saturated carbocycles. The number of alkyl halides is 2. The number of carbonyl (C=O) groups excluding carboxylic acids is 1. The Morgan fingerprint density at radius 3 is 2.46 bits per heavy atom. The van der Waals surface area contributed by atoms with Gasteiger partial charge in [0.1, 0.15) is 5.84 Å². The van der Waals surface area contributed by atoms with Crippen LogP contribution in [0.1, 0.15) is 85.8 Å². The van der Waals surface area contributed by atoms with Crippen molar-refractivity contribution < 1.29 is 13.6 Å². The van der Waals surface area contributed by atoms with Gasteiger partial charge in [-0.05, 0) is 45.1 Å². The standard InChI is InChI=1S/C29H46F2N6O.CH4/c1-6-24-15-25(37(21(5)32)27(33)19(2)3)14-20(4)36(24)13-12-26(22-10-8-7-9-11-22)35-28(38)23-16-29(30,31)18-34-17-23;/h7-11,19-20,23-26,32-34H,6,12-18H2,1-5H3,(H,35,38);1H4. The van der Waals surface area contributed by atoms with Gasteiger partial charge in [-0.3, -0.25) is 20.5 Å². The molecular formula is C30H50F2N6O. The Labute approximate surface area is 234 Å². The number of rotatable bonds is 9. The maximum atomic E-state index is 13.9. The summed E-state index contributed by atoms with van der Waals surface area (Å²) in [4.78, 5) is 17.5. The molecule has 0 aliphatic carbocycles. The zero-order valence-electron chi connectivity index (χ0n) is 23.6. The molecule has 5 unspecified atom stereocenters. The maximum absolute atomic E-state index is 13.9. The van der Waals surface area contributed by atoms with E-state index < -0.39 is 18.3 Å². The highest BCUT2D eigenvalue weighted by Gasteiger charge is 2.40. The van der Waals surface area contributed by atoms with E-state index in [4.69, 9.17) is 10.8 Å². The Morgan fingerprint density at radius 1 is 1.23 bits per heavy atom. The second kappa shape index (κ2) is 14.3. The van der Waals surface area contributed by atoms with Crippen LogP contribution in [0, 0.1) is 22.7 Å². The van der Waals surface area contributed by atoms with Gasteiger partial charge in [0, 0.05) is 43.6 Å². The van der Waals surface area contributed by atoms with Gasteiger partial charge < -0.3 is 15.5 Å². The van der Waals surface area contributed by atoms with Gasteiger partial charge in [-0.1, -0.05) is 58.5 Å². The average molecular weight is 549 g/mol. The minimum atomic E-state index is -2.87. The molecule has 220 valence electrons. The Kier molecular flexibility index (Phi) is 12.0. The smallest absolute Gasteiger partial charge is 0.261 e. The molecule has 0 aromatic heterocycles. The number of nitrogens with zero attached hydrogens (tertiary/aromatic N) is 2. The Balaban J connectivity index is 0.00000533. The van der Waals surface area contributed by atoms with Crippen LogP contribution in [-0.2, 0) is 4.79 Å². The van der Waals surface area contributed by atoms with Crippen molar-refractivity contribution in [3.63, 3.8) is 0 Å². The fraction of sp³-hybridized carbons (Fsp3) is 0.700. The summed E-state index contributed by atoms with van der Waals surface area (Å²) in [6.45, 7) is 10.8. The first-order chi connectivity index (χ1) is 17.9. The molecule has 2 aliphatic heterocycles. The summed E-state index contributed by atoms with van der Waals surface area (Å²) in [6, 6.07) is 10.1. The third-order valence-corrected chi connectivity index (χ3v) is 8.08. The molecule has 2 aliphatic rings. The molecule has 7 nitrogen and oxygen atoms in total. The number of piperidine rings is 2. The highest BCUT2D eigenvalue weighted by molar-refractivity contribution is 5.98. The van der Waals surface area contributed by atoms with Crippen molar-refractivity contribution in [2.75, 3.05) is 19.6 Å². The minimum Gasteiger partial charge on any atom is -0.349 e. The molecule has 39 heavy (non-hydrogen) atoms. The summed E-state index contributed by atoms with van der Waals surface area (Å²) in [5, 5.41) is 22.7. The number of halogens is 2. The molecule has 0 spiro atoms. The highest BCUT2D eigenvalue weighted by Crippen LogP contribution is 2.32. The molecule has 9 heteroatoms. The lowest BCUT2D eigenvalue weighted by Crippen LogP contribution is -2.56. The van der Waals surface area contributed by atoms with Crippen molar-refractivity contribution in [2.45, 2.75) is 104 Å². The van der Waals surface area contributed by atoms with E-state index in [1.54, 1.807) is 6.92 Å². The highest BCUT2D eigenvalue weighted by atomic mass is 19.3. The van der Waals surface area contributed by atoms with E-state index in [1.807, 2.05) is 49.1 Å². The molecule has 2 heterocycles. The molecule has 1 aromatic rings. The molecule has 0 radical (unpaired) electrons. The van der Waals surface area contributed by atoms with Gasteiger partial charge in [0.25, 0.3) is 5.92 Å². The van der Waals surface area contributed by atoms with Crippen molar-refractivity contribution in [2.24, 2.45) is 11.8 Å². The summed E-state index contributed by atoms with van der Waals surface area (Å²) in [5.74, 6) is -2.99. The predicted molar refractivity (Wildman–Crippen MR) is 156 cm³/mol.